The molecule has 1 aliphatic carbocycles. The fourth-order valence-electron chi connectivity index (χ4n) is 4.99. The summed E-state index contributed by atoms with van der Waals surface area (Å²) in [5, 5.41) is 14.7. The number of hydrogen-bond acceptors (Lipinski definition) is 3. The first-order chi connectivity index (χ1) is 13.6. The molecule has 2 aromatic carbocycles. The number of benzene rings is 2. The number of likely N-dealkylation sites (N-methyl/N-ethyl adjacent to an activating group) is 1. The molecule has 1 fully saturated rings. The summed E-state index contributed by atoms with van der Waals surface area (Å²) in [6.07, 6.45) is 4.26. The van der Waals surface area contributed by atoms with E-state index in [9.17, 15) is 9.90 Å². The van der Waals surface area contributed by atoms with E-state index in [1.54, 1.807) is 0 Å². The van der Waals surface area contributed by atoms with Crippen LogP contribution in [-0.2, 0) is 10.2 Å². The third kappa shape index (κ3) is 3.14. The minimum Gasteiger partial charge on any atom is -0.389 e. The molecule has 28 heavy (non-hydrogen) atoms. The third-order valence-corrected chi connectivity index (χ3v) is 6.50. The van der Waals surface area contributed by atoms with Crippen molar-refractivity contribution < 1.29 is 9.90 Å². The summed E-state index contributed by atoms with van der Waals surface area (Å²) in [6.45, 7) is 0.395. The maximum atomic E-state index is 13.9. The lowest BCUT2D eigenvalue weighted by Crippen LogP contribution is -2.47. The zero-order chi connectivity index (χ0) is 19.7. The minimum absolute atomic E-state index is 0.105. The summed E-state index contributed by atoms with van der Waals surface area (Å²) in [5.74, 6) is 0.105. The van der Waals surface area contributed by atoms with Gasteiger partial charge in [-0.25, -0.2) is 0 Å². The van der Waals surface area contributed by atoms with Gasteiger partial charge in [0.1, 0.15) is 0 Å². The molecule has 2 N–H and O–H groups in total. The first-order valence-electron chi connectivity index (χ1n) is 10.1. The summed E-state index contributed by atoms with van der Waals surface area (Å²) in [4.78, 5) is 15.7. The summed E-state index contributed by atoms with van der Waals surface area (Å²) in [5.41, 5.74) is 2.37. The molecular formula is C23H27ClN2O2. The molecule has 0 aromatic heterocycles. The molecule has 1 heterocycles. The average molecular weight is 399 g/mol. The highest BCUT2D eigenvalue weighted by Gasteiger charge is 2.53. The van der Waals surface area contributed by atoms with Gasteiger partial charge < -0.3 is 15.3 Å². The van der Waals surface area contributed by atoms with Crippen LogP contribution in [0, 0.1) is 0 Å². The van der Waals surface area contributed by atoms with Gasteiger partial charge in [-0.05, 0) is 43.1 Å². The molecule has 5 heteroatoms. The number of hydrogen-bond donors (Lipinski definition) is 2. The quantitative estimate of drug-likeness (QED) is 0.793. The van der Waals surface area contributed by atoms with E-state index < -0.39 is 17.6 Å². The molecule has 0 radical (unpaired) electrons. The van der Waals surface area contributed by atoms with E-state index >= 15 is 0 Å². The number of amides is 1. The van der Waals surface area contributed by atoms with Crippen LogP contribution in [0.1, 0.15) is 49.3 Å². The number of rotatable bonds is 5. The Morgan fingerprint density at radius 1 is 1.14 bits per heavy atom. The number of halogens is 1. The van der Waals surface area contributed by atoms with E-state index in [1.807, 2.05) is 60.5 Å². The highest BCUT2D eigenvalue weighted by atomic mass is 35.5. The van der Waals surface area contributed by atoms with Gasteiger partial charge in [0.2, 0.25) is 5.91 Å². The predicted octanol–water partition coefficient (Wildman–Crippen LogP) is 4.21. The normalized spacial score (nSPS) is 20.2. The number of carbonyl (C=O) groups excluding carboxylic acids is 1. The molecule has 2 atom stereocenters. The van der Waals surface area contributed by atoms with Crippen LogP contribution in [0.4, 0.5) is 5.69 Å². The predicted molar refractivity (Wildman–Crippen MR) is 113 cm³/mol. The van der Waals surface area contributed by atoms with E-state index in [-0.39, 0.29) is 5.91 Å². The summed E-state index contributed by atoms with van der Waals surface area (Å²) in [7, 11) is 1.81. The highest BCUT2D eigenvalue weighted by Crippen LogP contribution is 2.53. The van der Waals surface area contributed by atoms with E-state index in [0.717, 1.165) is 42.5 Å². The Morgan fingerprint density at radius 3 is 2.54 bits per heavy atom. The topological polar surface area (TPSA) is 52.6 Å². The number of anilines is 1. The van der Waals surface area contributed by atoms with Gasteiger partial charge in [-0.15, -0.1) is 0 Å². The van der Waals surface area contributed by atoms with Gasteiger partial charge in [-0.1, -0.05) is 67.3 Å². The Bertz CT molecular complexity index is 849. The SMILES string of the molecule is CNCC(O)C(c1ccccc1)N1C(=O)C2(CCCCC2)c2ccc(Cl)cc21. The van der Waals surface area contributed by atoms with Crippen molar-refractivity contribution in [2.24, 2.45) is 0 Å². The fraction of sp³-hybridized carbons (Fsp3) is 0.435. The van der Waals surface area contributed by atoms with Crippen LogP contribution in [-0.4, -0.2) is 30.7 Å². The molecule has 0 bridgehead atoms. The van der Waals surface area contributed by atoms with Crippen LogP contribution >= 0.6 is 11.6 Å². The Kier molecular flexibility index (Phi) is 5.46. The number of aliphatic hydroxyl groups excluding tert-OH is 1. The first-order valence-corrected chi connectivity index (χ1v) is 10.5. The molecule has 2 aromatic rings. The smallest absolute Gasteiger partial charge is 0.238 e. The van der Waals surface area contributed by atoms with Crippen LogP contribution < -0.4 is 10.2 Å². The summed E-state index contributed by atoms with van der Waals surface area (Å²) in [6, 6.07) is 15.1. The second kappa shape index (κ2) is 7.86. The fourth-order valence-corrected chi connectivity index (χ4v) is 5.16. The van der Waals surface area contributed by atoms with Gasteiger partial charge in [0.15, 0.2) is 0 Å². The van der Waals surface area contributed by atoms with Gasteiger partial charge in [0.25, 0.3) is 0 Å². The van der Waals surface area contributed by atoms with Gasteiger partial charge in [0.05, 0.1) is 23.2 Å². The van der Waals surface area contributed by atoms with Crippen molar-refractivity contribution in [2.75, 3.05) is 18.5 Å². The highest BCUT2D eigenvalue weighted by molar-refractivity contribution is 6.31. The molecule has 1 spiro atoms. The van der Waals surface area contributed by atoms with Crippen molar-refractivity contribution >= 4 is 23.2 Å². The molecule has 148 valence electrons. The van der Waals surface area contributed by atoms with Crippen molar-refractivity contribution in [1.82, 2.24) is 5.32 Å². The van der Waals surface area contributed by atoms with E-state index in [0.29, 0.717) is 11.6 Å². The van der Waals surface area contributed by atoms with Crippen molar-refractivity contribution in [2.45, 2.75) is 49.7 Å². The Balaban J connectivity index is 1.87. The molecule has 2 aliphatic rings. The second-order valence-electron chi connectivity index (χ2n) is 7.96. The van der Waals surface area contributed by atoms with Crippen LogP contribution in [0.5, 0.6) is 0 Å². The Labute approximate surface area is 171 Å². The number of nitrogens with one attached hydrogen (secondary N) is 1. The lowest BCUT2D eigenvalue weighted by molar-refractivity contribution is -0.125. The molecule has 1 aliphatic heterocycles. The Morgan fingerprint density at radius 2 is 1.86 bits per heavy atom. The minimum atomic E-state index is -0.734. The second-order valence-corrected chi connectivity index (χ2v) is 8.40. The van der Waals surface area contributed by atoms with Crippen molar-refractivity contribution in [3.05, 3.63) is 64.7 Å². The van der Waals surface area contributed by atoms with E-state index in [4.69, 9.17) is 11.6 Å². The lowest BCUT2D eigenvalue weighted by atomic mass is 9.70. The van der Waals surface area contributed by atoms with Crippen molar-refractivity contribution in [3.8, 4) is 0 Å². The van der Waals surface area contributed by atoms with E-state index in [1.165, 1.54) is 6.42 Å². The van der Waals surface area contributed by atoms with Crippen LogP contribution in [0.15, 0.2) is 48.5 Å². The van der Waals surface area contributed by atoms with Crippen LogP contribution in [0.2, 0.25) is 5.02 Å². The monoisotopic (exact) mass is 398 g/mol. The maximum Gasteiger partial charge on any atom is 0.238 e. The maximum absolute atomic E-state index is 13.9. The molecule has 2 unspecified atom stereocenters. The molecule has 4 rings (SSSR count). The van der Waals surface area contributed by atoms with Crippen molar-refractivity contribution in [1.29, 1.82) is 0 Å². The number of fused-ring (bicyclic) bond motifs is 2. The first kappa shape index (κ1) is 19.4. The standard InChI is InChI=1S/C23H27ClN2O2/c1-25-15-20(27)21(16-8-4-2-5-9-16)26-19-14-17(24)10-11-18(19)23(22(26)28)12-6-3-7-13-23/h2,4-5,8-11,14,20-21,25,27H,3,6-7,12-13,15H2,1H3. The van der Waals surface area contributed by atoms with Gasteiger partial charge in [-0.3, -0.25) is 4.79 Å². The molecule has 1 amide bonds. The van der Waals surface area contributed by atoms with Gasteiger partial charge in [0, 0.05) is 11.6 Å². The number of aliphatic hydroxyl groups is 1. The number of nitrogens with zero attached hydrogens (tertiary/aromatic N) is 1. The zero-order valence-corrected chi connectivity index (χ0v) is 17.0. The third-order valence-electron chi connectivity index (χ3n) is 6.27. The van der Waals surface area contributed by atoms with Crippen LogP contribution in [0.3, 0.4) is 0 Å². The number of carbonyl (C=O) groups is 1. The largest absolute Gasteiger partial charge is 0.389 e. The van der Waals surface area contributed by atoms with Gasteiger partial charge >= 0.3 is 0 Å². The Hall–Kier alpha value is -1.88. The summed E-state index contributed by atoms with van der Waals surface area (Å²) < 4.78 is 0. The average Bonchev–Trinajstić information content (AvgIpc) is 2.92. The zero-order valence-electron chi connectivity index (χ0n) is 16.2. The summed E-state index contributed by atoms with van der Waals surface area (Å²) >= 11 is 6.34. The van der Waals surface area contributed by atoms with Gasteiger partial charge in [-0.2, -0.15) is 0 Å². The molecule has 1 saturated carbocycles. The molecule has 0 saturated heterocycles. The molecule has 4 nitrogen and oxygen atoms in total. The molecular weight excluding hydrogens is 372 g/mol. The van der Waals surface area contributed by atoms with Crippen LogP contribution in [0.25, 0.3) is 0 Å². The lowest BCUT2D eigenvalue weighted by Gasteiger charge is -2.36. The van der Waals surface area contributed by atoms with E-state index in [2.05, 4.69) is 5.32 Å². The van der Waals surface area contributed by atoms with Crippen molar-refractivity contribution in [3.63, 3.8) is 0 Å².